The molecule has 1 saturated heterocycles. The van der Waals surface area contributed by atoms with Crippen LogP contribution in [-0.4, -0.2) is 54.1 Å². The highest BCUT2D eigenvalue weighted by Crippen LogP contribution is 2.19. The van der Waals surface area contributed by atoms with Crippen molar-refractivity contribution in [3.63, 3.8) is 0 Å². The molecule has 1 aliphatic heterocycles. The van der Waals surface area contributed by atoms with Crippen LogP contribution >= 0.6 is 0 Å². The van der Waals surface area contributed by atoms with Crippen LogP contribution in [0.2, 0.25) is 0 Å². The summed E-state index contributed by atoms with van der Waals surface area (Å²) >= 11 is 0. The second-order valence-corrected chi connectivity index (χ2v) is 6.69. The largest absolute Gasteiger partial charge is 0.465 e. The summed E-state index contributed by atoms with van der Waals surface area (Å²) in [7, 11) is 1.39. The number of benzene rings is 1. The maximum atomic E-state index is 11.5. The summed E-state index contributed by atoms with van der Waals surface area (Å²) in [5.41, 5.74) is 2.78. The minimum atomic E-state index is -0.309. The zero-order valence-electron chi connectivity index (χ0n) is 15.7. The van der Waals surface area contributed by atoms with E-state index in [1.54, 1.807) is 6.26 Å². The molecule has 0 radical (unpaired) electrons. The van der Waals surface area contributed by atoms with E-state index in [0.717, 1.165) is 44.0 Å². The molecule has 0 unspecified atom stereocenters. The first-order valence-electron chi connectivity index (χ1n) is 9.23. The Morgan fingerprint density at radius 1 is 1.07 bits per heavy atom. The van der Waals surface area contributed by atoms with Crippen molar-refractivity contribution < 1.29 is 13.9 Å². The molecule has 3 aromatic rings. The molecule has 28 heavy (non-hydrogen) atoms. The molecule has 1 fully saturated rings. The molecule has 7 nitrogen and oxygen atoms in total. The first-order valence-corrected chi connectivity index (χ1v) is 9.23. The van der Waals surface area contributed by atoms with Crippen LogP contribution in [0, 0.1) is 0 Å². The summed E-state index contributed by atoms with van der Waals surface area (Å²) in [6.07, 6.45) is 5.35. The van der Waals surface area contributed by atoms with Crippen LogP contribution in [0.15, 0.2) is 59.5 Å². The number of anilines is 1. The zero-order chi connectivity index (χ0) is 19.3. The van der Waals surface area contributed by atoms with Crippen molar-refractivity contribution in [3.8, 4) is 11.6 Å². The van der Waals surface area contributed by atoms with Crippen molar-refractivity contribution in [2.45, 2.75) is 6.54 Å². The number of ether oxygens (including phenoxy) is 1. The van der Waals surface area contributed by atoms with E-state index in [1.165, 1.54) is 7.11 Å². The molecule has 0 aliphatic carbocycles. The maximum absolute atomic E-state index is 11.5. The van der Waals surface area contributed by atoms with Crippen molar-refractivity contribution in [1.82, 2.24) is 14.9 Å². The van der Waals surface area contributed by atoms with Gasteiger partial charge < -0.3 is 14.1 Å². The van der Waals surface area contributed by atoms with Crippen LogP contribution in [0.25, 0.3) is 11.6 Å². The van der Waals surface area contributed by atoms with Crippen LogP contribution in [-0.2, 0) is 11.3 Å². The molecule has 4 rings (SSSR count). The minimum absolute atomic E-state index is 0.309. The molecule has 7 heteroatoms. The zero-order valence-corrected chi connectivity index (χ0v) is 15.7. The molecule has 1 aromatic carbocycles. The van der Waals surface area contributed by atoms with E-state index >= 15 is 0 Å². The van der Waals surface area contributed by atoms with Crippen molar-refractivity contribution in [3.05, 3.63) is 66.2 Å². The number of nitrogens with zero attached hydrogens (tertiary/aromatic N) is 4. The van der Waals surface area contributed by atoms with E-state index in [2.05, 4.69) is 19.8 Å². The van der Waals surface area contributed by atoms with Crippen LogP contribution in [0.5, 0.6) is 0 Å². The van der Waals surface area contributed by atoms with E-state index in [1.807, 2.05) is 48.8 Å². The van der Waals surface area contributed by atoms with Gasteiger partial charge in [-0.3, -0.25) is 4.90 Å². The Morgan fingerprint density at radius 2 is 1.79 bits per heavy atom. The number of esters is 1. The molecular formula is C21H22N4O3. The molecule has 0 spiro atoms. The highest BCUT2D eigenvalue weighted by Gasteiger charge is 2.18. The van der Waals surface area contributed by atoms with Crippen molar-refractivity contribution in [2.75, 3.05) is 38.2 Å². The summed E-state index contributed by atoms with van der Waals surface area (Å²) < 4.78 is 10.1. The highest BCUT2D eigenvalue weighted by molar-refractivity contribution is 5.89. The Balaban J connectivity index is 1.31. The van der Waals surface area contributed by atoms with Crippen molar-refractivity contribution in [1.29, 1.82) is 0 Å². The lowest BCUT2D eigenvalue weighted by Crippen LogP contribution is -2.46. The fourth-order valence-electron chi connectivity index (χ4n) is 3.32. The van der Waals surface area contributed by atoms with Gasteiger partial charge in [-0.15, -0.1) is 0 Å². The van der Waals surface area contributed by atoms with Crippen LogP contribution in [0.1, 0.15) is 15.9 Å². The summed E-state index contributed by atoms with van der Waals surface area (Å²) in [5, 5.41) is 0. The third-order valence-electron chi connectivity index (χ3n) is 4.88. The first kappa shape index (κ1) is 18.2. The highest BCUT2D eigenvalue weighted by atomic mass is 16.5. The van der Waals surface area contributed by atoms with Gasteiger partial charge in [0.05, 0.1) is 18.9 Å². The number of methoxy groups -OCH3 is 1. The lowest BCUT2D eigenvalue weighted by Gasteiger charge is -2.36. The Kier molecular flexibility index (Phi) is 5.34. The maximum Gasteiger partial charge on any atom is 0.337 e. The summed E-state index contributed by atoms with van der Waals surface area (Å²) in [6.45, 7) is 4.61. The lowest BCUT2D eigenvalue weighted by molar-refractivity contribution is 0.0601. The van der Waals surface area contributed by atoms with E-state index in [4.69, 9.17) is 9.15 Å². The predicted octanol–water partition coefficient (Wildman–Crippen LogP) is 2.85. The molecule has 0 bridgehead atoms. The third kappa shape index (κ3) is 4.04. The van der Waals surface area contributed by atoms with Gasteiger partial charge in [0.2, 0.25) is 0 Å². The van der Waals surface area contributed by atoms with Crippen molar-refractivity contribution in [2.24, 2.45) is 0 Å². The summed E-state index contributed by atoms with van der Waals surface area (Å²) in [4.78, 5) is 25.1. The number of aromatic nitrogens is 2. The molecule has 0 atom stereocenters. The van der Waals surface area contributed by atoms with Gasteiger partial charge in [0.1, 0.15) is 0 Å². The number of hydrogen-bond donors (Lipinski definition) is 0. The molecule has 0 saturated carbocycles. The van der Waals surface area contributed by atoms with Crippen molar-refractivity contribution >= 4 is 11.7 Å². The Bertz CT molecular complexity index is 900. The van der Waals surface area contributed by atoms with Gasteiger partial charge in [-0.05, 0) is 36.4 Å². The van der Waals surface area contributed by atoms with Gasteiger partial charge in [-0.25, -0.2) is 14.8 Å². The number of hydrogen-bond acceptors (Lipinski definition) is 7. The number of carbonyl (C=O) groups is 1. The number of piperazine rings is 1. The van der Waals surface area contributed by atoms with Gasteiger partial charge in [-0.2, -0.15) is 0 Å². The standard InChI is InChI=1S/C21H22N4O3/c1-27-21(26)17-4-6-18(7-5-17)25-10-8-24(9-11-25)15-16-13-22-20(23-14-16)19-3-2-12-28-19/h2-7,12-14H,8-11,15H2,1H3. The molecule has 3 heterocycles. The number of furan rings is 1. The summed E-state index contributed by atoms with van der Waals surface area (Å²) in [5.74, 6) is 0.976. The molecule has 144 valence electrons. The normalized spacial score (nSPS) is 14.8. The molecule has 2 aromatic heterocycles. The Morgan fingerprint density at radius 3 is 2.39 bits per heavy atom. The van der Waals surface area contributed by atoms with Gasteiger partial charge in [0.15, 0.2) is 11.6 Å². The number of rotatable bonds is 5. The average Bonchev–Trinajstić information content (AvgIpc) is 3.29. The quantitative estimate of drug-likeness (QED) is 0.632. The first-order chi connectivity index (χ1) is 13.7. The third-order valence-corrected chi connectivity index (χ3v) is 4.88. The van der Waals surface area contributed by atoms with Gasteiger partial charge >= 0.3 is 5.97 Å². The lowest BCUT2D eigenvalue weighted by atomic mass is 10.1. The SMILES string of the molecule is COC(=O)c1ccc(N2CCN(Cc3cnc(-c4ccco4)nc3)CC2)cc1. The van der Waals surface area contributed by atoms with Gasteiger partial charge in [0, 0.05) is 56.4 Å². The fourth-order valence-corrected chi connectivity index (χ4v) is 3.32. The van der Waals surface area contributed by atoms with Gasteiger partial charge in [0.25, 0.3) is 0 Å². The van der Waals surface area contributed by atoms with Crippen LogP contribution < -0.4 is 4.90 Å². The fraction of sp³-hybridized carbons (Fsp3) is 0.286. The monoisotopic (exact) mass is 378 g/mol. The average molecular weight is 378 g/mol. The predicted molar refractivity (Wildman–Crippen MR) is 105 cm³/mol. The molecule has 0 N–H and O–H groups in total. The minimum Gasteiger partial charge on any atom is -0.465 e. The second kappa shape index (κ2) is 8.22. The topological polar surface area (TPSA) is 71.7 Å². The Labute approximate surface area is 163 Å². The van der Waals surface area contributed by atoms with E-state index in [0.29, 0.717) is 17.1 Å². The summed E-state index contributed by atoms with van der Waals surface area (Å²) in [6, 6.07) is 11.3. The van der Waals surface area contributed by atoms with E-state index < -0.39 is 0 Å². The molecular weight excluding hydrogens is 356 g/mol. The van der Waals surface area contributed by atoms with Crippen LogP contribution in [0.3, 0.4) is 0 Å². The van der Waals surface area contributed by atoms with E-state index in [9.17, 15) is 4.79 Å². The van der Waals surface area contributed by atoms with E-state index in [-0.39, 0.29) is 5.97 Å². The number of carbonyl (C=O) groups excluding carboxylic acids is 1. The smallest absolute Gasteiger partial charge is 0.337 e. The second-order valence-electron chi connectivity index (χ2n) is 6.69. The Hall–Kier alpha value is -3.19. The molecule has 1 aliphatic rings. The van der Waals surface area contributed by atoms with Crippen LogP contribution in [0.4, 0.5) is 5.69 Å². The van der Waals surface area contributed by atoms with Gasteiger partial charge in [-0.1, -0.05) is 0 Å². The molecule has 0 amide bonds.